The Hall–Kier alpha value is -0.340. The predicted octanol–water partition coefficient (Wildman–Crippen LogP) is 2.95. The summed E-state index contributed by atoms with van der Waals surface area (Å²) in [6.07, 6.45) is 0. The van der Waals surface area contributed by atoms with Crippen LogP contribution in [0.1, 0.15) is 16.1 Å². The number of rotatable bonds is 2. The lowest BCUT2D eigenvalue weighted by Gasteiger charge is -2.18. The van der Waals surface area contributed by atoms with Gasteiger partial charge in [0.15, 0.2) is 0 Å². The standard InChI is InChI=1S/C10H14BrN/c1-8-5-4-6-9(7-8)10(11)12(2)3/h4-7,10H,1-3H3. The zero-order chi connectivity index (χ0) is 9.14. The summed E-state index contributed by atoms with van der Waals surface area (Å²) in [5.74, 6) is 0. The Labute approximate surface area is 82.5 Å². The first-order valence-corrected chi connectivity index (χ1v) is 4.90. The molecule has 0 saturated carbocycles. The van der Waals surface area contributed by atoms with Crippen molar-refractivity contribution in [2.75, 3.05) is 14.1 Å². The highest BCUT2D eigenvalue weighted by molar-refractivity contribution is 9.09. The largest absolute Gasteiger partial charge is 0.293 e. The molecule has 1 atom stereocenters. The van der Waals surface area contributed by atoms with Gasteiger partial charge < -0.3 is 0 Å². The molecule has 0 aliphatic rings. The molecule has 0 saturated heterocycles. The van der Waals surface area contributed by atoms with Crippen LogP contribution in [0.2, 0.25) is 0 Å². The van der Waals surface area contributed by atoms with Crippen LogP contribution < -0.4 is 0 Å². The highest BCUT2D eigenvalue weighted by Crippen LogP contribution is 2.24. The molecular formula is C10H14BrN. The van der Waals surface area contributed by atoms with Crippen molar-refractivity contribution in [2.24, 2.45) is 0 Å². The van der Waals surface area contributed by atoms with E-state index in [9.17, 15) is 0 Å². The molecule has 2 heteroatoms. The first kappa shape index (κ1) is 9.75. The number of aryl methyl sites for hydroxylation is 1. The van der Waals surface area contributed by atoms with Gasteiger partial charge in [0.05, 0.1) is 4.95 Å². The Morgan fingerprint density at radius 1 is 1.33 bits per heavy atom. The van der Waals surface area contributed by atoms with Crippen molar-refractivity contribution < 1.29 is 0 Å². The van der Waals surface area contributed by atoms with Gasteiger partial charge in [0.1, 0.15) is 0 Å². The van der Waals surface area contributed by atoms with Gasteiger partial charge in [-0.05, 0) is 26.6 Å². The van der Waals surface area contributed by atoms with Gasteiger partial charge in [0, 0.05) is 0 Å². The lowest BCUT2D eigenvalue weighted by molar-refractivity contribution is 0.398. The summed E-state index contributed by atoms with van der Waals surface area (Å²) in [5.41, 5.74) is 2.61. The van der Waals surface area contributed by atoms with E-state index in [1.165, 1.54) is 11.1 Å². The molecular weight excluding hydrogens is 214 g/mol. The summed E-state index contributed by atoms with van der Waals surface area (Å²) in [7, 11) is 4.11. The molecule has 0 aliphatic carbocycles. The van der Waals surface area contributed by atoms with Crippen LogP contribution >= 0.6 is 15.9 Å². The fourth-order valence-corrected chi connectivity index (χ4v) is 1.40. The van der Waals surface area contributed by atoms with E-state index in [0.29, 0.717) is 4.95 Å². The van der Waals surface area contributed by atoms with E-state index in [4.69, 9.17) is 0 Å². The third-order valence-corrected chi connectivity index (χ3v) is 3.12. The minimum Gasteiger partial charge on any atom is -0.293 e. The SMILES string of the molecule is Cc1cccc(C(Br)N(C)C)c1. The van der Waals surface area contributed by atoms with E-state index >= 15 is 0 Å². The van der Waals surface area contributed by atoms with Gasteiger partial charge in [0.25, 0.3) is 0 Å². The topological polar surface area (TPSA) is 3.24 Å². The van der Waals surface area contributed by atoms with Gasteiger partial charge >= 0.3 is 0 Å². The Morgan fingerprint density at radius 2 is 2.00 bits per heavy atom. The second kappa shape index (κ2) is 4.06. The molecule has 1 nitrogen and oxygen atoms in total. The lowest BCUT2D eigenvalue weighted by atomic mass is 10.1. The van der Waals surface area contributed by atoms with E-state index < -0.39 is 0 Å². The quantitative estimate of drug-likeness (QED) is 0.555. The second-order valence-electron chi connectivity index (χ2n) is 3.21. The average Bonchev–Trinajstić information content (AvgIpc) is 2.03. The maximum atomic E-state index is 3.61. The third-order valence-electron chi connectivity index (χ3n) is 1.77. The zero-order valence-electron chi connectivity index (χ0n) is 7.71. The van der Waals surface area contributed by atoms with Crippen LogP contribution in [-0.4, -0.2) is 19.0 Å². The summed E-state index contributed by atoms with van der Waals surface area (Å²) < 4.78 is 0. The van der Waals surface area contributed by atoms with Crippen LogP contribution in [0.5, 0.6) is 0 Å². The monoisotopic (exact) mass is 227 g/mol. The van der Waals surface area contributed by atoms with E-state index in [2.05, 4.69) is 66.1 Å². The molecule has 0 amide bonds. The Morgan fingerprint density at radius 3 is 2.50 bits per heavy atom. The average molecular weight is 228 g/mol. The highest BCUT2D eigenvalue weighted by atomic mass is 79.9. The lowest BCUT2D eigenvalue weighted by Crippen LogP contribution is -2.14. The number of benzene rings is 1. The van der Waals surface area contributed by atoms with Gasteiger partial charge in [-0.15, -0.1) is 0 Å². The predicted molar refractivity (Wildman–Crippen MR) is 56.5 cm³/mol. The van der Waals surface area contributed by atoms with Crippen molar-refractivity contribution >= 4 is 15.9 Å². The second-order valence-corrected chi connectivity index (χ2v) is 4.08. The van der Waals surface area contributed by atoms with Crippen LogP contribution in [0, 0.1) is 6.92 Å². The normalized spacial score (nSPS) is 13.4. The molecule has 0 aliphatic heterocycles. The molecule has 0 aromatic heterocycles. The van der Waals surface area contributed by atoms with Crippen molar-refractivity contribution in [1.82, 2.24) is 4.90 Å². The molecule has 0 fully saturated rings. The first-order chi connectivity index (χ1) is 5.61. The fourth-order valence-electron chi connectivity index (χ4n) is 1.12. The molecule has 12 heavy (non-hydrogen) atoms. The maximum Gasteiger partial charge on any atom is 0.0906 e. The molecule has 1 rings (SSSR count). The molecule has 66 valence electrons. The van der Waals surface area contributed by atoms with Gasteiger partial charge in [-0.2, -0.15) is 0 Å². The van der Waals surface area contributed by atoms with Crippen molar-refractivity contribution in [2.45, 2.75) is 11.9 Å². The number of hydrogen-bond acceptors (Lipinski definition) is 1. The molecule has 0 spiro atoms. The Balaban J connectivity index is 2.88. The number of nitrogens with zero attached hydrogens (tertiary/aromatic N) is 1. The highest BCUT2D eigenvalue weighted by Gasteiger charge is 2.08. The van der Waals surface area contributed by atoms with Crippen molar-refractivity contribution in [1.29, 1.82) is 0 Å². The van der Waals surface area contributed by atoms with E-state index in [-0.39, 0.29) is 0 Å². The van der Waals surface area contributed by atoms with Gasteiger partial charge in [-0.25, -0.2) is 0 Å². The summed E-state index contributed by atoms with van der Waals surface area (Å²) >= 11 is 3.61. The van der Waals surface area contributed by atoms with Crippen LogP contribution in [0.4, 0.5) is 0 Å². The molecule has 0 heterocycles. The number of hydrogen-bond donors (Lipinski definition) is 0. The number of alkyl halides is 1. The van der Waals surface area contributed by atoms with Gasteiger partial charge in [0.2, 0.25) is 0 Å². The van der Waals surface area contributed by atoms with E-state index in [0.717, 1.165) is 0 Å². The molecule has 1 unspecified atom stereocenters. The third kappa shape index (κ3) is 2.32. The molecule has 1 aromatic rings. The van der Waals surface area contributed by atoms with Crippen LogP contribution in [0.25, 0.3) is 0 Å². The Bertz CT molecular complexity index is 258. The van der Waals surface area contributed by atoms with E-state index in [1.54, 1.807) is 0 Å². The van der Waals surface area contributed by atoms with Crippen LogP contribution in [0.15, 0.2) is 24.3 Å². The summed E-state index contributed by atoms with van der Waals surface area (Å²) in [6, 6.07) is 8.52. The summed E-state index contributed by atoms with van der Waals surface area (Å²) in [6.45, 7) is 2.11. The van der Waals surface area contributed by atoms with E-state index in [1.807, 2.05) is 0 Å². The van der Waals surface area contributed by atoms with Gasteiger partial charge in [-0.1, -0.05) is 45.8 Å². The molecule has 0 N–H and O–H groups in total. The maximum absolute atomic E-state index is 3.61. The summed E-state index contributed by atoms with van der Waals surface area (Å²) in [4.78, 5) is 2.45. The summed E-state index contributed by atoms with van der Waals surface area (Å²) in [5, 5.41) is 0. The van der Waals surface area contributed by atoms with Crippen molar-refractivity contribution in [3.05, 3.63) is 35.4 Å². The van der Waals surface area contributed by atoms with Crippen LogP contribution in [-0.2, 0) is 0 Å². The number of halogens is 1. The molecule has 0 bridgehead atoms. The first-order valence-electron chi connectivity index (χ1n) is 3.98. The fraction of sp³-hybridized carbons (Fsp3) is 0.400. The van der Waals surface area contributed by atoms with Gasteiger partial charge in [-0.3, -0.25) is 4.90 Å². The smallest absolute Gasteiger partial charge is 0.0906 e. The molecule has 0 radical (unpaired) electrons. The van der Waals surface area contributed by atoms with Crippen LogP contribution in [0.3, 0.4) is 0 Å². The van der Waals surface area contributed by atoms with Crippen molar-refractivity contribution in [3.63, 3.8) is 0 Å². The minimum atomic E-state index is 0.317. The zero-order valence-corrected chi connectivity index (χ0v) is 9.30. The molecule has 1 aromatic carbocycles. The van der Waals surface area contributed by atoms with Crippen molar-refractivity contribution in [3.8, 4) is 0 Å². The minimum absolute atomic E-state index is 0.317. The Kier molecular flexibility index (Phi) is 3.29.